The van der Waals surface area contributed by atoms with Gasteiger partial charge in [0, 0.05) is 6.54 Å². The Kier molecular flexibility index (Phi) is 6.01. The molecule has 0 aliphatic heterocycles. The first kappa shape index (κ1) is 16.1. The van der Waals surface area contributed by atoms with Crippen LogP contribution in [0.4, 0.5) is 0 Å². The van der Waals surface area contributed by atoms with Crippen molar-refractivity contribution in [1.29, 1.82) is 0 Å². The number of benzene rings is 2. The molecule has 0 spiro atoms. The van der Waals surface area contributed by atoms with Crippen LogP contribution in [0.15, 0.2) is 48.5 Å². The molecule has 0 aliphatic carbocycles. The van der Waals surface area contributed by atoms with E-state index in [1.54, 1.807) is 0 Å². The fraction of sp³-hybridized carbons (Fsp3) is 0.316. The number of rotatable bonds is 7. The molecule has 0 fully saturated rings. The Morgan fingerprint density at radius 2 is 1.73 bits per heavy atom. The highest BCUT2D eigenvalue weighted by Crippen LogP contribution is 2.16. The van der Waals surface area contributed by atoms with E-state index < -0.39 is 0 Å². The van der Waals surface area contributed by atoms with Crippen LogP contribution in [0.1, 0.15) is 23.1 Å². The molecule has 2 aromatic rings. The molecule has 0 unspecified atom stereocenters. The summed E-state index contributed by atoms with van der Waals surface area (Å²) in [5, 5.41) is 2.92. The van der Waals surface area contributed by atoms with E-state index in [9.17, 15) is 4.79 Å². The summed E-state index contributed by atoms with van der Waals surface area (Å²) >= 11 is 0. The fourth-order valence-corrected chi connectivity index (χ4v) is 2.36. The van der Waals surface area contributed by atoms with Gasteiger partial charge in [0.25, 0.3) is 0 Å². The van der Waals surface area contributed by atoms with Crippen LogP contribution in [-0.2, 0) is 11.2 Å². The molecule has 2 aromatic carbocycles. The molecule has 1 amide bonds. The first-order valence-electron chi connectivity index (χ1n) is 7.65. The molecule has 2 rings (SSSR count). The molecular formula is C19H23NO2. The van der Waals surface area contributed by atoms with Gasteiger partial charge in [0.2, 0.25) is 5.91 Å². The Morgan fingerprint density at radius 3 is 2.41 bits per heavy atom. The molecule has 3 heteroatoms. The summed E-state index contributed by atoms with van der Waals surface area (Å²) in [6.07, 6.45) is 1.23. The van der Waals surface area contributed by atoms with Crippen LogP contribution in [0.2, 0.25) is 0 Å². The molecule has 116 valence electrons. The maximum atomic E-state index is 11.8. The summed E-state index contributed by atoms with van der Waals surface area (Å²) < 4.78 is 5.64. The van der Waals surface area contributed by atoms with Crippen LogP contribution in [0.25, 0.3) is 0 Å². The molecule has 0 saturated heterocycles. The van der Waals surface area contributed by atoms with Crippen LogP contribution < -0.4 is 10.1 Å². The zero-order chi connectivity index (χ0) is 15.8. The van der Waals surface area contributed by atoms with Crippen molar-refractivity contribution in [3.8, 4) is 5.75 Å². The first-order valence-corrected chi connectivity index (χ1v) is 7.65. The summed E-state index contributed by atoms with van der Waals surface area (Å²) in [5.41, 5.74) is 3.57. The van der Waals surface area contributed by atoms with Crippen molar-refractivity contribution in [1.82, 2.24) is 5.32 Å². The predicted molar refractivity (Wildman–Crippen MR) is 89.2 cm³/mol. The monoisotopic (exact) mass is 297 g/mol. The second-order valence-electron chi connectivity index (χ2n) is 5.51. The van der Waals surface area contributed by atoms with Crippen molar-refractivity contribution in [3.05, 3.63) is 65.2 Å². The third-order valence-electron chi connectivity index (χ3n) is 3.37. The lowest BCUT2D eigenvalue weighted by Crippen LogP contribution is -2.27. The summed E-state index contributed by atoms with van der Waals surface area (Å²) in [6, 6.07) is 16.2. The number of aryl methyl sites for hydroxylation is 2. The topological polar surface area (TPSA) is 38.3 Å². The third-order valence-corrected chi connectivity index (χ3v) is 3.37. The fourth-order valence-electron chi connectivity index (χ4n) is 2.36. The summed E-state index contributed by atoms with van der Waals surface area (Å²) in [7, 11) is 0. The molecule has 0 bridgehead atoms. The Morgan fingerprint density at radius 1 is 1.05 bits per heavy atom. The maximum Gasteiger partial charge on any atom is 0.223 e. The Bertz CT molecular complexity index is 588. The van der Waals surface area contributed by atoms with Gasteiger partial charge in [-0.05, 0) is 49.1 Å². The second kappa shape index (κ2) is 8.23. The maximum absolute atomic E-state index is 11.8. The van der Waals surface area contributed by atoms with E-state index in [1.165, 1.54) is 16.7 Å². The Hall–Kier alpha value is -2.29. The lowest BCUT2D eigenvalue weighted by Gasteiger charge is -2.09. The van der Waals surface area contributed by atoms with Gasteiger partial charge in [-0.15, -0.1) is 0 Å². The van der Waals surface area contributed by atoms with Gasteiger partial charge in [0.05, 0.1) is 13.0 Å². The Balaban J connectivity index is 1.65. The van der Waals surface area contributed by atoms with E-state index in [4.69, 9.17) is 4.74 Å². The van der Waals surface area contributed by atoms with Gasteiger partial charge in [0.1, 0.15) is 5.75 Å². The van der Waals surface area contributed by atoms with E-state index >= 15 is 0 Å². The highest BCUT2D eigenvalue weighted by Gasteiger charge is 2.02. The van der Waals surface area contributed by atoms with E-state index in [0.717, 1.165) is 12.2 Å². The summed E-state index contributed by atoms with van der Waals surface area (Å²) in [4.78, 5) is 11.8. The third kappa shape index (κ3) is 5.60. The smallest absolute Gasteiger partial charge is 0.223 e. The second-order valence-corrected chi connectivity index (χ2v) is 5.51. The normalized spacial score (nSPS) is 10.3. The quantitative estimate of drug-likeness (QED) is 0.850. The molecule has 0 saturated carbocycles. The summed E-state index contributed by atoms with van der Waals surface area (Å²) in [6.45, 7) is 5.14. The molecule has 0 aliphatic rings. The minimum atomic E-state index is 0.0281. The van der Waals surface area contributed by atoms with Gasteiger partial charge in [-0.2, -0.15) is 0 Å². The number of ether oxygens (including phenoxy) is 1. The number of hydrogen-bond acceptors (Lipinski definition) is 2. The van der Waals surface area contributed by atoms with Gasteiger partial charge in [-0.1, -0.05) is 36.4 Å². The minimum Gasteiger partial charge on any atom is -0.493 e. The number of hydrogen-bond donors (Lipinski definition) is 1. The lowest BCUT2D eigenvalue weighted by atomic mass is 10.1. The molecule has 0 atom stereocenters. The number of amides is 1. The van der Waals surface area contributed by atoms with Crippen LogP contribution in [0, 0.1) is 13.8 Å². The largest absolute Gasteiger partial charge is 0.493 e. The average Bonchev–Trinajstić information content (AvgIpc) is 2.47. The highest BCUT2D eigenvalue weighted by molar-refractivity contribution is 5.75. The molecule has 0 heterocycles. The van der Waals surface area contributed by atoms with Crippen molar-refractivity contribution < 1.29 is 9.53 Å². The van der Waals surface area contributed by atoms with E-state index in [2.05, 4.69) is 23.5 Å². The Labute approximate surface area is 132 Å². The molecule has 0 aromatic heterocycles. The molecule has 22 heavy (non-hydrogen) atoms. The van der Waals surface area contributed by atoms with E-state index in [0.29, 0.717) is 19.6 Å². The van der Waals surface area contributed by atoms with Crippen molar-refractivity contribution in [2.45, 2.75) is 26.7 Å². The zero-order valence-corrected chi connectivity index (χ0v) is 13.3. The van der Waals surface area contributed by atoms with Crippen molar-refractivity contribution in [2.24, 2.45) is 0 Å². The van der Waals surface area contributed by atoms with E-state index in [-0.39, 0.29) is 5.91 Å². The van der Waals surface area contributed by atoms with Crippen LogP contribution in [-0.4, -0.2) is 19.1 Å². The molecule has 0 radical (unpaired) electrons. The number of carbonyl (C=O) groups is 1. The van der Waals surface area contributed by atoms with Gasteiger partial charge in [-0.3, -0.25) is 4.79 Å². The highest BCUT2D eigenvalue weighted by atomic mass is 16.5. The SMILES string of the molecule is Cc1cc(C)cc(OCCC(=O)NCCc2ccccc2)c1. The average molecular weight is 297 g/mol. The predicted octanol–water partition coefficient (Wildman–Crippen LogP) is 3.43. The van der Waals surface area contributed by atoms with Crippen molar-refractivity contribution in [3.63, 3.8) is 0 Å². The van der Waals surface area contributed by atoms with Crippen LogP contribution >= 0.6 is 0 Å². The van der Waals surface area contributed by atoms with E-state index in [1.807, 2.05) is 44.2 Å². The summed E-state index contributed by atoms with van der Waals surface area (Å²) in [5.74, 6) is 0.856. The minimum absolute atomic E-state index is 0.0281. The van der Waals surface area contributed by atoms with Crippen molar-refractivity contribution in [2.75, 3.05) is 13.2 Å². The molecule has 3 nitrogen and oxygen atoms in total. The van der Waals surface area contributed by atoms with Crippen LogP contribution in [0.3, 0.4) is 0 Å². The molecule has 1 N–H and O–H groups in total. The lowest BCUT2D eigenvalue weighted by molar-refractivity contribution is -0.121. The number of nitrogens with one attached hydrogen (secondary N) is 1. The van der Waals surface area contributed by atoms with Gasteiger partial charge < -0.3 is 10.1 Å². The van der Waals surface area contributed by atoms with Gasteiger partial charge in [-0.25, -0.2) is 0 Å². The zero-order valence-electron chi connectivity index (χ0n) is 13.3. The van der Waals surface area contributed by atoms with Gasteiger partial charge >= 0.3 is 0 Å². The standard InChI is InChI=1S/C19H23NO2/c1-15-12-16(2)14-18(13-15)22-11-9-19(21)20-10-8-17-6-4-3-5-7-17/h3-7,12-14H,8-11H2,1-2H3,(H,20,21). The van der Waals surface area contributed by atoms with Gasteiger partial charge in [0.15, 0.2) is 0 Å². The number of carbonyl (C=O) groups excluding carboxylic acids is 1. The van der Waals surface area contributed by atoms with Crippen molar-refractivity contribution >= 4 is 5.91 Å². The molecular weight excluding hydrogens is 274 g/mol. The van der Waals surface area contributed by atoms with Crippen LogP contribution in [0.5, 0.6) is 5.75 Å². The first-order chi connectivity index (χ1) is 10.6.